The van der Waals surface area contributed by atoms with Crippen molar-refractivity contribution in [3.05, 3.63) is 336 Å². The molecule has 12 aromatic carbocycles. The Kier molecular flexibility index (Phi) is 13.3. The van der Waals surface area contributed by atoms with Gasteiger partial charge in [-0.15, -0.1) is 0 Å². The lowest BCUT2D eigenvalue weighted by molar-refractivity contribution is 1.25. The van der Waals surface area contributed by atoms with Gasteiger partial charge in [0.2, 0.25) is 0 Å². The normalized spacial score (nSPS) is 11.0. The zero-order chi connectivity index (χ0) is 51.2. The second-order valence-corrected chi connectivity index (χ2v) is 19.4. The quantitative estimate of drug-likeness (QED) is 0.106. The third-order valence-corrected chi connectivity index (χ3v) is 14.5. The van der Waals surface area contributed by atoms with Gasteiger partial charge >= 0.3 is 0 Å². The predicted molar refractivity (Wildman–Crippen MR) is 325 cm³/mol. The molecule has 12 rings (SSSR count). The Balaban J connectivity index is 0.907. The van der Waals surface area contributed by atoms with E-state index in [0.29, 0.717) is 0 Å². The van der Waals surface area contributed by atoms with Gasteiger partial charge in [0.05, 0.1) is 11.4 Å². The van der Waals surface area contributed by atoms with Crippen LogP contribution in [-0.2, 0) is 0 Å². The van der Waals surface area contributed by atoms with Crippen LogP contribution in [0.25, 0.3) is 56.0 Å². The van der Waals surface area contributed by atoms with Crippen molar-refractivity contribution in [1.29, 1.82) is 0 Å². The highest BCUT2D eigenvalue weighted by Crippen LogP contribution is 2.44. The Labute approximate surface area is 447 Å². The van der Waals surface area contributed by atoms with Crippen molar-refractivity contribution in [3.63, 3.8) is 0 Å². The average molecular weight is 973 g/mol. The van der Waals surface area contributed by atoms with Crippen LogP contribution in [0, 0.1) is 13.8 Å². The van der Waals surface area contributed by atoms with Crippen LogP contribution in [0.15, 0.2) is 291 Å². The first kappa shape index (κ1) is 47.3. The minimum absolute atomic E-state index is 1.09. The van der Waals surface area contributed by atoms with E-state index in [-0.39, 0.29) is 0 Å². The molecule has 0 atom stereocenters. The first-order chi connectivity index (χ1) is 37.5. The highest BCUT2D eigenvalue weighted by Gasteiger charge is 2.21. The minimum atomic E-state index is 1.09. The maximum Gasteiger partial charge on any atom is 0.0540 e. The van der Waals surface area contributed by atoms with Gasteiger partial charge in [0.25, 0.3) is 0 Å². The van der Waals surface area contributed by atoms with Gasteiger partial charge in [-0.25, -0.2) is 0 Å². The zero-order valence-corrected chi connectivity index (χ0v) is 42.8. The standard InChI is InChI=1S/C74H56N2/c1-53-49-63(41-47-71(53)75(73-35-19-31-57-29-15-17-33-67(57)73)65-43-37-55(38-44-65)51-69(59-21-7-3-8-22-59)60-23-9-4-10-24-60)64-42-48-72(54(2)50-64)76(74-36-20-32-58-30-16-18-34-68(58)74)66-45-39-56(40-46-66)52-70(61-25-11-5-12-26-61)62-27-13-6-14-28-62/h3-52H,1-2H3. The van der Waals surface area contributed by atoms with Crippen molar-refractivity contribution in [1.82, 2.24) is 0 Å². The van der Waals surface area contributed by atoms with E-state index in [1.165, 1.54) is 77.2 Å². The number of rotatable bonds is 13. The van der Waals surface area contributed by atoms with Gasteiger partial charge in [-0.3, -0.25) is 0 Å². The SMILES string of the molecule is Cc1cc(-c2ccc(N(c3ccc(C=C(c4ccccc4)c4ccccc4)cc3)c3cccc4ccccc34)c(C)c2)ccc1N(c1ccc(C=C(c2ccccc2)c2ccccc2)cc1)c1cccc2ccccc12. The fourth-order valence-corrected chi connectivity index (χ4v) is 10.7. The van der Waals surface area contributed by atoms with Gasteiger partial charge in [-0.1, -0.05) is 231 Å². The first-order valence-electron chi connectivity index (χ1n) is 26.2. The van der Waals surface area contributed by atoms with E-state index in [4.69, 9.17) is 0 Å². The van der Waals surface area contributed by atoms with Crippen molar-refractivity contribution >= 4 is 79.0 Å². The Morgan fingerprint density at radius 1 is 0.276 bits per heavy atom. The van der Waals surface area contributed by atoms with Gasteiger partial charge in [0, 0.05) is 33.5 Å². The van der Waals surface area contributed by atoms with Crippen molar-refractivity contribution in [3.8, 4) is 11.1 Å². The number of aryl methyl sites for hydroxylation is 2. The number of hydrogen-bond donors (Lipinski definition) is 0. The van der Waals surface area contributed by atoms with Crippen LogP contribution >= 0.6 is 0 Å². The summed E-state index contributed by atoms with van der Waals surface area (Å²) in [7, 11) is 0. The lowest BCUT2D eigenvalue weighted by Crippen LogP contribution is -2.12. The van der Waals surface area contributed by atoms with E-state index in [2.05, 4.69) is 327 Å². The van der Waals surface area contributed by atoms with E-state index in [1.54, 1.807) is 0 Å². The molecule has 0 N–H and O–H groups in total. The summed E-state index contributed by atoms with van der Waals surface area (Å²) in [5.74, 6) is 0. The molecule has 362 valence electrons. The van der Waals surface area contributed by atoms with Crippen LogP contribution in [-0.4, -0.2) is 0 Å². The molecule has 0 saturated carbocycles. The number of benzene rings is 12. The summed E-state index contributed by atoms with van der Waals surface area (Å²) in [5, 5.41) is 4.81. The molecule has 0 unspecified atom stereocenters. The maximum absolute atomic E-state index is 2.42. The molecule has 0 amide bonds. The van der Waals surface area contributed by atoms with Gasteiger partial charge in [-0.2, -0.15) is 0 Å². The summed E-state index contributed by atoms with van der Waals surface area (Å²) < 4.78 is 0. The summed E-state index contributed by atoms with van der Waals surface area (Å²) in [4.78, 5) is 4.84. The van der Waals surface area contributed by atoms with E-state index in [1.807, 2.05) is 0 Å². The maximum atomic E-state index is 2.42. The minimum Gasteiger partial charge on any atom is -0.310 e. The van der Waals surface area contributed by atoms with Gasteiger partial charge in [0.1, 0.15) is 0 Å². The molecular formula is C74H56N2. The fraction of sp³-hybridized carbons (Fsp3) is 0.0270. The Bertz CT molecular complexity index is 3670. The molecule has 0 radical (unpaired) electrons. The lowest BCUT2D eigenvalue weighted by atomic mass is 9.95. The smallest absolute Gasteiger partial charge is 0.0540 e. The Morgan fingerprint density at radius 3 is 0.934 bits per heavy atom. The molecule has 0 aliphatic carbocycles. The summed E-state index contributed by atoms with van der Waals surface area (Å²) in [6.07, 6.45) is 4.60. The van der Waals surface area contributed by atoms with Crippen molar-refractivity contribution in [2.75, 3.05) is 9.80 Å². The van der Waals surface area contributed by atoms with Crippen LogP contribution in [0.2, 0.25) is 0 Å². The van der Waals surface area contributed by atoms with E-state index >= 15 is 0 Å². The molecule has 0 aliphatic rings. The van der Waals surface area contributed by atoms with Crippen LogP contribution in [0.3, 0.4) is 0 Å². The number of anilines is 6. The van der Waals surface area contributed by atoms with Crippen LogP contribution < -0.4 is 9.80 Å². The second kappa shape index (κ2) is 21.4. The molecule has 0 aliphatic heterocycles. The molecule has 2 nitrogen and oxygen atoms in total. The molecule has 0 bridgehead atoms. The molecule has 76 heavy (non-hydrogen) atoms. The van der Waals surface area contributed by atoms with Crippen molar-refractivity contribution < 1.29 is 0 Å². The first-order valence-corrected chi connectivity index (χ1v) is 26.2. The van der Waals surface area contributed by atoms with E-state index in [0.717, 1.165) is 45.3 Å². The molecular weight excluding hydrogens is 917 g/mol. The average Bonchev–Trinajstić information content (AvgIpc) is 3.52. The number of fused-ring (bicyclic) bond motifs is 2. The molecule has 0 heterocycles. The highest BCUT2D eigenvalue weighted by molar-refractivity contribution is 6.01. The summed E-state index contributed by atoms with van der Waals surface area (Å²) in [5.41, 5.74) is 20.8. The third kappa shape index (κ3) is 9.76. The third-order valence-electron chi connectivity index (χ3n) is 14.5. The fourth-order valence-electron chi connectivity index (χ4n) is 10.7. The Hall–Kier alpha value is -9.76. The predicted octanol–water partition coefficient (Wildman–Crippen LogP) is 20.4. The molecule has 0 aromatic heterocycles. The van der Waals surface area contributed by atoms with Gasteiger partial charge < -0.3 is 9.80 Å². The molecule has 0 spiro atoms. The molecule has 0 saturated heterocycles. The van der Waals surface area contributed by atoms with Gasteiger partial charge in [-0.05, 0) is 164 Å². The number of hydrogen-bond acceptors (Lipinski definition) is 2. The number of nitrogens with zero attached hydrogens (tertiary/aromatic N) is 2. The van der Waals surface area contributed by atoms with Gasteiger partial charge in [0.15, 0.2) is 0 Å². The topological polar surface area (TPSA) is 6.48 Å². The monoisotopic (exact) mass is 972 g/mol. The molecule has 0 fully saturated rings. The highest BCUT2D eigenvalue weighted by atomic mass is 15.2. The van der Waals surface area contributed by atoms with Crippen LogP contribution in [0.1, 0.15) is 44.5 Å². The largest absolute Gasteiger partial charge is 0.310 e. The van der Waals surface area contributed by atoms with E-state index in [9.17, 15) is 0 Å². The second-order valence-electron chi connectivity index (χ2n) is 19.4. The molecule has 12 aromatic rings. The summed E-state index contributed by atoms with van der Waals surface area (Å²) >= 11 is 0. The summed E-state index contributed by atoms with van der Waals surface area (Å²) in [6.45, 7) is 4.48. The lowest BCUT2D eigenvalue weighted by Gasteiger charge is -2.29. The Morgan fingerprint density at radius 2 is 0.592 bits per heavy atom. The van der Waals surface area contributed by atoms with Crippen molar-refractivity contribution in [2.45, 2.75) is 13.8 Å². The van der Waals surface area contributed by atoms with E-state index < -0.39 is 0 Å². The van der Waals surface area contributed by atoms with Crippen LogP contribution in [0.5, 0.6) is 0 Å². The zero-order valence-electron chi connectivity index (χ0n) is 42.8. The summed E-state index contributed by atoms with van der Waals surface area (Å²) in [6, 6.07) is 105. The van der Waals surface area contributed by atoms with Crippen molar-refractivity contribution in [2.24, 2.45) is 0 Å². The van der Waals surface area contributed by atoms with Crippen LogP contribution in [0.4, 0.5) is 34.1 Å². The molecule has 2 heteroatoms.